The van der Waals surface area contributed by atoms with Gasteiger partial charge in [0.05, 0.1) is 20.3 Å². The fraction of sp³-hybridized carbons (Fsp3) is 0.579. The van der Waals surface area contributed by atoms with Gasteiger partial charge in [-0.2, -0.15) is 0 Å². The van der Waals surface area contributed by atoms with Gasteiger partial charge in [0.25, 0.3) is 0 Å². The van der Waals surface area contributed by atoms with Crippen molar-refractivity contribution in [1.29, 1.82) is 0 Å². The molecule has 1 rings (SSSR count). The molecule has 0 saturated carbocycles. The molecule has 0 spiro atoms. The Morgan fingerprint density at radius 1 is 1.22 bits per heavy atom. The third-order valence-electron chi connectivity index (χ3n) is 3.70. The number of carbonyl (C=O) groups excluding carboxylic acids is 1. The standard InChI is InChI=1S/C19H32N4O3.HI/c1-6-14(4)22-18(24)11-12-21-19(20-7-2)23-15-9-10-16(25-5)17(13-15)26-8-3;/h9-10,13-14H,6-8,11-12H2,1-5H3,(H,22,24)(H2,20,21,23);1H. The number of hydrogen-bond donors (Lipinski definition) is 3. The van der Waals surface area contributed by atoms with Crippen molar-refractivity contribution in [3.63, 3.8) is 0 Å². The van der Waals surface area contributed by atoms with Gasteiger partial charge in [0.2, 0.25) is 5.91 Å². The van der Waals surface area contributed by atoms with Gasteiger partial charge in [-0.3, -0.25) is 9.79 Å². The lowest BCUT2D eigenvalue weighted by Crippen LogP contribution is -2.33. The van der Waals surface area contributed by atoms with Gasteiger partial charge in [0.1, 0.15) is 0 Å². The summed E-state index contributed by atoms with van der Waals surface area (Å²) in [6, 6.07) is 5.79. The van der Waals surface area contributed by atoms with Crippen molar-refractivity contribution in [2.75, 3.05) is 32.1 Å². The molecule has 1 aromatic carbocycles. The number of ether oxygens (including phenoxy) is 2. The summed E-state index contributed by atoms with van der Waals surface area (Å²) in [6.07, 6.45) is 1.27. The quantitative estimate of drug-likeness (QED) is 0.265. The fourth-order valence-electron chi connectivity index (χ4n) is 2.18. The lowest BCUT2D eigenvalue weighted by molar-refractivity contribution is -0.121. The molecule has 1 aromatic rings. The van der Waals surface area contributed by atoms with Crippen LogP contribution in [0.25, 0.3) is 0 Å². The van der Waals surface area contributed by atoms with Crippen LogP contribution in [0.4, 0.5) is 5.69 Å². The van der Waals surface area contributed by atoms with Crippen LogP contribution >= 0.6 is 24.0 Å². The molecule has 154 valence electrons. The van der Waals surface area contributed by atoms with Gasteiger partial charge in [-0.05, 0) is 39.3 Å². The van der Waals surface area contributed by atoms with E-state index in [9.17, 15) is 4.79 Å². The van der Waals surface area contributed by atoms with E-state index in [1.807, 2.05) is 45.9 Å². The maximum absolute atomic E-state index is 11.8. The molecule has 7 nitrogen and oxygen atoms in total. The lowest BCUT2D eigenvalue weighted by atomic mass is 10.2. The van der Waals surface area contributed by atoms with E-state index in [1.54, 1.807) is 7.11 Å². The maximum Gasteiger partial charge on any atom is 0.222 e. The molecule has 0 aromatic heterocycles. The Kier molecular flexibility index (Phi) is 13.5. The van der Waals surface area contributed by atoms with Gasteiger partial charge < -0.3 is 25.4 Å². The van der Waals surface area contributed by atoms with Crippen LogP contribution in [-0.4, -0.2) is 44.7 Å². The predicted molar refractivity (Wildman–Crippen MR) is 122 cm³/mol. The summed E-state index contributed by atoms with van der Waals surface area (Å²) in [5.41, 5.74) is 0.831. The summed E-state index contributed by atoms with van der Waals surface area (Å²) in [5.74, 6) is 1.99. The first kappa shape index (κ1) is 25.3. The van der Waals surface area contributed by atoms with E-state index in [-0.39, 0.29) is 35.9 Å². The van der Waals surface area contributed by atoms with Crippen molar-refractivity contribution < 1.29 is 14.3 Å². The monoisotopic (exact) mass is 492 g/mol. The molecule has 0 radical (unpaired) electrons. The maximum atomic E-state index is 11.8. The number of nitrogens with one attached hydrogen (secondary N) is 3. The van der Waals surface area contributed by atoms with E-state index in [1.165, 1.54) is 0 Å². The fourth-order valence-corrected chi connectivity index (χ4v) is 2.18. The number of methoxy groups -OCH3 is 1. The van der Waals surface area contributed by atoms with E-state index in [4.69, 9.17) is 9.47 Å². The molecule has 8 heteroatoms. The lowest BCUT2D eigenvalue weighted by Gasteiger charge is -2.14. The first-order chi connectivity index (χ1) is 12.5. The van der Waals surface area contributed by atoms with Crippen LogP contribution in [0.1, 0.15) is 40.5 Å². The van der Waals surface area contributed by atoms with Crippen LogP contribution in [0, 0.1) is 0 Å². The summed E-state index contributed by atoms with van der Waals surface area (Å²) < 4.78 is 10.9. The summed E-state index contributed by atoms with van der Waals surface area (Å²) >= 11 is 0. The highest BCUT2D eigenvalue weighted by Crippen LogP contribution is 2.30. The third kappa shape index (κ3) is 9.69. The van der Waals surface area contributed by atoms with Crippen LogP contribution in [0.3, 0.4) is 0 Å². The number of benzene rings is 1. The van der Waals surface area contributed by atoms with Gasteiger partial charge in [0.15, 0.2) is 17.5 Å². The normalized spacial score (nSPS) is 11.8. The van der Waals surface area contributed by atoms with Crippen LogP contribution in [0.2, 0.25) is 0 Å². The van der Waals surface area contributed by atoms with Crippen molar-refractivity contribution in [3.05, 3.63) is 18.2 Å². The number of carbonyl (C=O) groups is 1. The van der Waals surface area contributed by atoms with Crippen molar-refractivity contribution in [2.24, 2.45) is 4.99 Å². The minimum absolute atomic E-state index is 0. The first-order valence-electron chi connectivity index (χ1n) is 9.19. The Labute approximate surface area is 179 Å². The van der Waals surface area contributed by atoms with Gasteiger partial charge in [-0.1, -0.05) is 6.92 Å². The smallest absolute Gasteiger partial charge is 0.222 e. The SMILES string of the molecule is CCNC(=NCCC(=O)NC(C)CC)Nc1ccc(OC)c(OCC)c1.I. The minimum atomic E-state index is 0. The topological polar surface area (TPSA) is 84.0 Å². The predicted octanol–water partition coefficient (Wildman–Crippen LogP) is 3.39. The largest absolute Gasteiger partial charge is 0.493 e. The zero-order valence-electron chi connectivity index (χ0n) is 16.9. The second-order valence-electron chi connectivity index (χ2n) is 5.81. The van der Waals surface area contributed by atoms with Crippen LogP contribution in [-0.2, 0) is 4.79 Å². The van der Waals surface area contributed by atoms with E-state index < -0.39 is 0 Å². The number of rotatable bonds is 10. The molecule has 0 saturated heterocycles. The highest BCUT2D eigenvalue weighted by molar-refractivity contribution is 14.0. The number of hydrogen-bond acceptors (Lipinski definition) is 4. The Balaban J connectivity index is 0.00000676. The van der Waals surface area contributed by atoms with Crippen molar-refractivity contribution in [2.45, 2.75) is 46.6 Å². The van der Waals surface area contributed by atoms with E-state index in [0.717, 1.165) is 18.7 Å². The Morgan fingerprint density at radius 2 is 1.96 bits per heavy atom. The zero-order chi connectivity index (χ0) is 19.4. The number of anilines is 1. The van der Waals surface area contributed by atoms with Crippen molar-refractivity contribution in [3.8, 4) is 11.5 Å². The van der Waals surface area contributed by atoms with Gasteiger partial charge in [-0.15, -0.1) is 24.0 Å². The van der Waals surface area contributed by atoms with Crippen LogP contribution < -0.4 is 25.4 Å². The summed E-state index contributed by atoms with van der Waals surface area (Å²) in [4.78, 5) is 16.3. The summed E-state index contributed by atoms with van der Waals surface area (Å²) in [7, 11) is 1.61. The second kappa shape index (κ2) is 14.4. The van der Waals surface area contributed by atoms with Gasteiger partial charge in [0, 0.05) is 30.8 Å². The Hall–Kier alpha value is -1.71. The molecule has 27 heavy (non-hydrogen) atoms. The molecule has 0 aliphatic heterocycles. The number of amides is 1. The highest BCUT2D eigenvalue weighted by atomic mass is 127. The molecule has 0 bridgehead atoms. The first-order valence-corrected chi connectivity index (χ1v) is 9.19. The number of guanidine groups is 1. The summed E-state index contributed by atoms with van der Waals surface area (Å²) in [5, 5.41) is 9.34. The van der Waals surface area contributed by atoms with Crippen LogP contribution in [0.5, 0.6) is 11.5 Å². The molecular formula is C19H33IN4O3. The molecular weight excluding hydrogens is 459 g/mol. The molecule has 1 unspecified atom stereocenters. The molecule has 3 N–H and O–H groups in total. The molecule has 0 aliphatic rings. The van der Waals surface area contributed by atoms with Crippen molar-refractivity contribution >= 4 is 41.5 Å². The Bertz CT molecular complexity index is 596. The second-order valence-corrected chi connectivity index (χ2v) is 5.81. The van der Waals surface area contributed by atoms with Gasteiger partial charge in [-0.25, -0.2) is 0 Å². The Morgan fingerprint density at radius 3 is 2.56 bits per heavy atom. The number of aliphatic imine (C=N–C) groups is 1. The van der Waals surface area contributed by atoms with E-state index in [2.05, 4.69) is 20.9 Å². The number of halogens is 1. The molecule has 1 atom stereocenters. The average Bonchev–Trinajstić information content (AvgIpc) is 2.62. The van der Waals surface area contributed by atoms with Crippen molar-refractivity contribution in [1.82, 2.24) is 10.6 Å². The highest BCUT2D eigenvalue weighted by Gasteiger charge is 2.08. The summed E-state index contributed by atoms with van der Waals surface area (Å²) in [6.45, 7) is 9.64. The average molecular weight is 492 g/mol. The molecule has 0 heterocycles. The molecule has 0 aliphatic carbocycles. The third-order valence-corrected chi connectivity index (χ3v) is 3.70. The van der Waals surface area contributed by atoms with E-state index >= 15 is 0 Å². The van der Waals surface area contributed by atoms with E-state index in [0.29, 0.717) is 37.0 Å². The zero-order valence-corrected chi connectivity index (χ0v) is 19.3. The molecule has 0 fully saturated rings. The van der Waals surface area contributed by atoms with Crippen LogP contribution in [0.15, 0.2) is 23.2 Å². The number of nitrogens with zero attached hydrogens (tertiary/aromatic N) is 1. The van der Waals surface area contributed by atoms with Gasteiger partial charge >= 0.3 is 0 Å². The molecule has 1 amide bonds. The minimum Gasteiger partial charge on any atom is -0.493 e.